The molecule has 7 nitrogen and oxygen atoms in total. The molecule has 4 N–H and O–H groups in total. The van der Waals surface area contributed by atoms with Crippen LogP contribution in [0.4, 0.5) is 0 Å². The van der Waals surface area contributed by atoms with Crippen molar-refractivity contribution >= 4 is 10.1 Å². The Hall–Kier alpha value is -0.250. The van der Waals surface area contributed by atoms with Gasteiger partial charge in [-0.15, -0.1) is 0 Å². The second-order valence-electron chi connectivity index (χ2n) is 1.99. The summed E-state index contributed by atoms with van der Waals surface area (Å²) in [6.45, 7) is -0.334. The molecule has 12 heavy (non-hydrogen) atoms. The third kappa shape index (κ3) is 6.46. The van der Waals surface area contributed by atoms with Crippen molar-refractivity contribution in [1.82, 2.24) is 5.32 Å². The predicted octanol–water partition coefficient (Wildman–Crippen LogP) is -2.86. The van der Waals surface area contributed by atoms with Gasteiger partial charge in [0, 0.05) is 6.54 Å². The first-order valence-electron chi connectivity index (χ1n) is 2.97. The van der Waals surface area contributed by atoms with Crippen molar-refractivity contribution < 1.29 is 27.9 Å². The summed E-state index contributed by atoms with van der Waals surface area (Å²) < 4.78 is 25.2. The maximum absolute atomic E-state index is 10.6. The molecular formula is C4H11NO6S. The van der Waals surface area contributed by atoms with Gasteiger partial charge >= 0.3 is 6.10 Å². The smallest absolute Gasteiger partial charge is 0.330 e. The summed E-state index contributed by atoms with van der Waals surface area (Å²) in [4.78, 5) is 0. The molecule has 0 aliphatic rings. The van der Waals surface area contributed by atoms with Gasteiger partial charge in [-0.05, 0) is 0 Å². The first kappa shape index (κ1) is 11.8. The fourth-order valence-corrected chi connectivity index (χ4v) is 0.946. The Bertz CT molecular complexity index is 216. The van der Waals surface area contributed by atoms with E-state index in [1.807, 2.05) is 0 Å². The van der Waals surface area contributed by atoms with E-state index in [1.54, 1.807) is 5.32 Å². The van der Waals surface area contributed by atoms with Crippen LogP contribution in [0.3, 0.4) is 0 Å². The second-order valence-corrected chi connectivity index (χ2v) is 3.85. The van der Waals surface area contributed by atoms with Crippen LogP contribution in [-0.4, -0.2) is 49.2 Å². The van der Waals surface area contributed by atoms with Crippen molar-refractivity contribution in [3.8, 4) is 0 Å². The molecule has 0 saturated carbocycles. The summed E-state index contributed by atoms with van der Waals surface area (Å²) in [7, 11) is -2.65. The van der Waals surface area contributed by atoms with Gasteiger partial charge in [0.1, 0.15) is 0 Å². The Morgan fingerprint density at radius 1 is 1.42 bits per heavy atom. The van der Waals surface area contributed by atoms with Crippen LogP contribution < -0.4 is 5.32 Å². The van der Waals surface area contributed by atoms with Gasteiger partial charge in [0.05, 0.1) is 12.9 Å². The van der Waals surface area contributed by atoms with E-state index in [1.165, 1.54) is 0 Å². The van der Waals surface area contributed by atoms with Crippen LogP contribution in [-0.2, 0) is 14.3 Å². The largest absolute Gasteiger partial charge is 0.343 e. The first-order chi connectivity index (χ1) is 5.27. The number of hydrogen-bond acceptors (Lipinski definition) is 7. The minimum absolute atomic E-state index is 0.334. The van der Waals surface area contributed by atoms with Gasteiger partial charge in [-0.2, -0.15) is 8.42 Å². The van der Waals surface area contributed by atoms with Crippen molar-refractivity contribution in [3.63, 3.8) is 0 Å². The summed E-state index contributed by atoms with van der Waals surface area (Å²) in [5, 5.41) is 26.5. The fraction of sp³-hybridized carbons (Fsp3) is 1.00. The van der Waals surface area contributed by atoms with Gasteiger partial charge in [-0.25, -0.2) is 5.32 Å². The molecule has 0 unspecified atom stereocenters. The zero-order valence-electron chi connectivity index (χ0n) is 6.39. The van der Waals surface area contributed by atoms with Crippen LogP contribution in [0, 0.1) is 0 Å². The highest BCUT2D eigenvalue weighted by Gasteiger charge is 2.18. The number of hydrogen-bond donors (Lipinski definition) is 4. The van der Waals surface area contributed by atoms with Crippen molar-refractivity contribution in [2.24, 2.45) is 0 Å². The van der Waals surface area contributed by atoms with E-state index in [4.69, 9.17) is 15.3 Å². The normalized spacial score (nSPS) is 13.3. The molecule has 8 heteroatoms. The van der Waals surface area contributed by atoms with Crippen molar-refractivity contribution in [3.05, 3.63) is 0 Å². The summed E-state index contributed by atoms with van der Waals surface area (Å²) in [6, 6.07) is 0. The van der Waals surface area contributed by atoms with Crippen LogP contribution in [0.1, 0.15) is 0 Å². The zero-order chi connectivity index (χ0) is 9.83. The molecule has 0 radical (unpaired) electrons. The van der Waals surface area contributed by atoms with Crippen molar-refractivity contribution in [1.29, 1.82) is 0 Å². The highest BCUT2D eigenvalue weighted by Crippen LogP contribution is 1.90. The molecule has 0 rings (SSSR count). The van der Waals surface area contributed by atoms with Gasteiger partial charge < -0.3 is 15.3 Å². The lowest BCUT2D eigenvalue weighted by Crippen LogP contribution is -2.46. The molecule has 0 spiro atoms. The Morgan fingerprint density at radius 2 is 1.92 bits per heavy atom. The minimum atomic E-state index is -3.64. The highest BCUT2D eigenvalue weighted by molar-refractivity contribution is 7.86. The molecule has 0 amide bonds. The summed E-state index contributed by atoms with van der Waals surface area (Å²) in [5.74, 6) is -0.465. The van der Waals surface area contributed by atoms with Gasteiger partial charge in [0.25, 0.3) is 10.1 Å². The third-order valence-corrected chi connectivity index (χ3v) is 2.18. The van der Waals surface area contributed by atoms with Gasteiger partial charge in [-0.3, -0.25) is 4.18 Å². The molecule has 0 aliphatic heterocycles. The molecule has 0 aliphatic carbocycles. The van der Waals surface area contributed by atoms with E-state index in [2.05, 4.69) is 4.18 Å². The molecule has 0 saturated heterocycles. The molecule has 0 bridgehead atoms. The van der Waals surface area contributed by atoms with E-state index < -0.39 is 22.0 Å². The Labute approximate surface area is 69.7 Å². The maximum atomic E-state index is 10.6. The van der Waals surface area contributed by atoms with E-state index in [-0.39, 0.29) is 6.54 Å². The van der Waals surface area contributed by atoms with E-state index >= 15 is 0 Å². The molecule has 74 valence electrons. The molecule has 0 atom stereocenters. The quantitative estimate of drug-likeness (QED) is 0.279. The average molecular weight is 201 g/mol. The number of nitrogens with one attached hydrogen (secondary N) is 1. The molecule has 0 fully saturated rings. The van der Waals surface area contributed by atoms with Crippen LogP contribution >= 0.6 is 0 Å². The Kier molecular flexibility index (Phi) is 4.03. The Balaban J connectivity index is 3.73. The maximum Gasteiger partial charge on any atom is 0.343 e. The molecule has 0 heterocycles. The second kappa shape index (κ2) is 4.12. The molecule has 0 aromatic rings. The summed E-state index contributed by atoms with van der Waals surface area (Å²) >= 11 is 0. The lowest BCUT2D eigenvalue weighted by Gasteiger charge is -2.14. The first-order valence-corrected chi connectivity index (χ1v) is 4.55. The lowest BCUT2D eigenvalue weighted by atomic mass is 10.7. The van der Waals surface area contributed by atoms with Crippen LogP contribution in [0.25, 0.3) is 0 Å². The zero-order valence-corrected chi connectivity index (χ0v) is 7.21. The molecular weight excluding hydrogens is 190 g/mol. The van der Waals surface area contributed by atoms with E-state index in [0.29, 0.717) is 0 Å². The number of aliphatic hydroxyl groups is 3. The fourth-order valence-electron chi connectivity index (χ4n) is 0.427. The lowest BCUT2D eigenvalue weighted by molar-refractivity contribution is -0.330. The summed E-state index contributed by atoms with van der Waals surface area (Å²) in [5.41, 5.74) is 0. The number of rotatable bonds is 5. The van der Waals surface area contributed by atoms with Gasteiger partial charge in [0.2, 0.25) is 0 Å². The topological polar surface area (TPSA) is 116 Å². The standard InChI is InChI=1S/C4H11NO6S/c1-11-12(9,10)3-2-5-4(6,7)8/h5-8H,2-3H2,1H3. The Morgan fingerprint density at radius 3 is 2.25 bits per heavy atom. The monoisotopic (exact) mass is 201 g/mol. The SMILES string of the molecule is COS(=O)(=O)CCNC(O)(O)O. The van der Waals surface area contributed by atoms with Gasteiger partial charge in [-0.1, -0.05) is 0 Å². The summed E-state index contributed by atoms with van der Waals surface area (Å²) in [6.07, 6.45) is -3.05. The molecule has 0 aromatic heterocycles. The van der Waals surface area contributed by atoms with Crippen molar-refractivity contribution in [2.45, 2.75) is 6.10 Å². The van der Waals surface area contributed by atoms with Crippen LogP contribution in [0.5, 0.6) is 0 Å². The predicted molar refractivity (Wildman–Crippen MR) is 38.2 cm³/mol. The van der Waals surface area contributed by atoms with Crippen molar-refractivity contribution in [2.75, 3.05) is 19.4 Å². The van der Waals surface area contributed by atoms with E-state index in [0.717, 1.165) is 7.11 Å². The van der Waals surface area contributed by atoms with Crippen LogP contribution in [0.15, 0.2) is 0 Å². The average Bonchev–Trinajstić information content (AvgIpc) is 1.84. The molecule has 0 aromatic carbocycles. The van der Waals surface area contributed by atoms with E-state index in [9.17, 15) is 8.42 Å². The highest BCUT2D eigenvalue weighted by atomic mass is 32.2. The third-order valence-electron chi connectivity index (χ3n) is 0.968. The van der Waals surface area contributed by atoms with Gasteiger partial charge in [0.15, 0.2) is 0 Å². The van der Waals surface area contributed by atoms with Crippen LogP contribution in [0.2, 0.25) is 0 Å². The minimum Gasteiger partial charge on any atom is -0.330 e.